The van der Waals surface area contributed by atoms with Crippen molar-refractivity contribution in [1.82, 2.24) is 9.13 Å². The lowest BCUT2D eigenvalue weighted by molar-refractivity contribution is -0.595. The summed E-state index contributed by atoms with van der Waals surface area (Å²) in [4.78, 5) is 0. The van der Waals surface area contributed by atoms with Crippen molar-refractivity contribution in [1.29, 1.82) is 0 Å². The first-order valence-electron chi connectivity index (χ1n) is 17.3. The van der Waals surface area contributed by atoms with Crippen LogP contribution in [-0.4, -0.2) is 9.13 Å². The minimum absolute atomic E-state index is 0.895. The molecule has 0 unspecified atom stereocenters. The van der Waals surface area contributed by atoms with Gasteiger partial charge in [-0.3, -0.25) is 0 Å². The normalized spacial score (nSPS) is 11.9. The highest BCUT2D eigenvalue weighted by Crippen LogP contribution is 2.42. The van der Waals surface area contributed by atoms with E-state index in [4.69, 9.17) is 4.42 Å². The molecule has 0 radical (unpaired) electrons. The van der Waals surface area contributed by atoms with Crippen LogP contribution in [0.15, 0.2) is 187 Å². The van der Waals surface area contributed by atoms with Crippen LogP contribution in [0.5, 0.6) is 0 Å². The van der Waals surface area contributed by atoms with E-state index in [9.17, 15) is 0 Å². The van der Waals surface area contributed by atoms with Gasteiger partial charge < -0.3 is 13.6 Å². The lowest BCUT2D eigenvalue weighted by Crippen LogP contribution is -2.29. The molecule has 51 heavy (non-hydrogen) atoms. The van der Waals surface area contributed by atoms with Gasteiger partial charge in [-0.1, -0.05) is 91.0 Å². The summed E-state index contributed by atoms with van der Waals surface area (Å²) >= 11 is 0. The van der Waals surface area contributed by atoms with Crippen LogP contribution in [-0.2, 0) is 0 Å². The lowest BCUT2D eigenvalue weighted by Gasteiger charge is -2.11. The number of hydrogen-bond acceptors (Lipinski definition) is 1. The summed E-state index contributed by atoms with van der Waals surface area (Å²) in [5.41, 5.74) is 12.3. The predicted molar refractivity (Wildman–Crippen MR) is 209 cm³/mol. The second kappa shape index (κ2) is 10.8. The summed E-state index contributed by atoms with van der Waals surface area (Å²) in [6, 6.07) is 60.8. The summed E-state index contributed by atoms with van der Waals surface area (Å²) in [5, 5.41) is 7.16. The third kappa shape index (κ3) is 4.17. The van der Waals surface area contributed by atoms with Crippen molar-refractivity contribution >= 4 is 65.6 Å². The third-order valence-electron chi connectivity index (χ3n) is 10.4. The quantitative estimate of drug-likeness (QED) is 0.174. The first kappa shape index (κ1) is 28.0. The fourth-order valence-electron chi connectivity index (χ4n) is 8.12. The molecule has 0 saturated heterocycles. The number of rotatable bonds is 4. The van der Waals surface area contributed by atoms with E-state index >= 15 is 0 Å². The summed E-state index contributed by atoms with van der Waals surface area (Å²) in [6.07, 6.45) is 4.30. The van der Waals surface area contributed by atoms with E-state index in [1.807, 2.05) is 12.1 Å². The Morgan fingerprint density at radius 2 is 1.04 bits per heavy atom. The first-order chi connectivity index (χ1) is 25.3. The molecule has 4 heteroatoms. The molecule has 0 aliphatic rings. The van der Waals surface area contributed by atoms with Crippen LogP contribution in [0.1, 0.15) is 0 Å². The Bertz CT molecular complexity index is 3130. The molecule has 4 heterocycles. The van der Waals surface area contributed by atoms with E-state index in [0.717, 1.165) is 39.0 Å². The molecule has 0 aliphatic carbocycles. The van der Waals surface area contributed by atoms with E-state index in [1.165, 1.54) is 54.7 Å². The Morgan fingerprint density at radius 3 is 1.80 bits per heavy atom. The van der Waals surface area contributed by atoms with E-state index in [1.54, 1.807) is 0 Å². The molecule has 0 N–H and O–H groups in total. The van der Waals surface area contributed by atoms with Gasteiger partial charge in [0, 0.05) is 56.4 Å². The maximum atomic E-state index is 6.34. The Labute approximate surface area is 293 Å². The van der Waals surface area contributed by atoms with E-state index in [-0.39, 0.29) is 0 Å². The van der Waals surface area contributed by atoms with Gasteiger partial charge in [0.1, 0.15) is 11.2 Å². The van der Waals surface area contributed by atoms with Crippen molar-refractivity contribution in [3.63, 3.8) is 0 Å². The molecule has 0 saturated carbocycles. The first-order valence-corrected chi connectivity index (χ1v) is 17.3. The van der Waals surface area contributed by atoms with Crippen LogP contribution in [0.25, 0.3) is 93.7 Å². The molecule has 4 aromatic heterocycles. The minimum atomic E-state index is 0.895. The molecule has 0 aliphatic heterocycles. The molecule has 0 bridgehead atoms. The van der Waals surface area contributed by atoms with Crippen molar-refractivity contribution in [3.05, 3.63) is 182 Å². The largest absolute Gasteiger partial charge is 0.456 e. The molecule has 0 spiro atoms. The van der Waals surface area contributed by atoms with Gasteiger partial charge in [-0.25, -0.2) is 0 Å². The molecule has 0 fully saturated rings. The van der Waals surface area contributed by atoms with Crippen LogP contribution >= 0.6 is 0 Å². The van der Waals surface area contributed by atoms with Crippen LogP contribution < -0.4 is 4.57 Å². The van der Waals surface area contributed by atoms with E-state index in [0.29, 0.717) is 0 Å². The molecule has 11 aromatic rings. The van der Waals surface area contributed by atoms with Crippen LogP contribution in [0.2, 0.25) is 0 Å². The fraction of sp³-hybridized carbons (Fsp3) is 0. The van der Waals surface area contributed by atoms with Gasteiger partial charge in [0.25, 0.3) is 0 Å². The Kier molecular flexibility index (Phi) is 5.92. The van der Waals surface area contributed by atoms with Crippen LogP contribution in [0, 0.1) is 0 Å². The van der Waals surface area contributed by atoms with Crippen molar-refractivity contribution in [2.75, 3.05) is 0 Å². The third-order valence-corrected chi connectivity index (χ3v) is 10.4. The second-order valence-electron chi connectivity index (χ2n) is 13.2. The molecule has 0 amide bonds. The second-order valence-corrected chi connectivity index (χ2v) is 13.2. The summed E-state index contributed by atoms with van der Waals surface area (Å²) in [7, 11) is 0. The predicted octanol–water partition coefficient (Wildman–Crippen LogP) is 11.7. The smallest absolute Gasteiger partial charge is 0.210 e. The van der Waals surface area contributed by atoms with Crippen molar-refractivity contribution in [2.24, 2.45) is 0 Å². The number of benzene rings is 7. The van der Waals surface area contributed by atoms with Gasteiger partial charge in [-0.15, -0.1) is 0 Å². The van der Waals surface area contributed by atoms with Crippen molar-refractivity contribution in [2.45, 2.75) is 0 Å². The highest BCUT2D eigenvalue weighted by molar-refractivity contribution is 6.20. The Hall–Kier alpha value is -6.91. The van der Waals surface area contributed by atoms with Crippen LogP contribution in [0.3, 0.4) is 0 Å². The molecule has 0 atom stereocenters. The van der Waals surface area contributed by atoms with Gasteiger partial charge in [0.15, 0.2) is 12.4 Å². The topological polar surface area (TPSA) is 26.9 Å². The summed E-state index contributed by atoms with van der Waals surface area (Å²) in [5.74, 6) is 0. The van der Waals surface area contributed by atoms with E-state index in [2.05, 4.69) is 184 Å². The zero-order valence-electron chi connectivity index (χ0n) is 27.6. The lowest BCUT2D eigenvalue weighted by atomic mass is 10.1. The number of fused-ring (bicyclic) bond motifs is 9. The van der Waals surface area contributed by atoms with Crippen LogP contribution in [0.4, 0.5) is 0 Å². The molecule has 4 nitrogen and oxygen atoms in total. The van der Waals surface area contributed by atoms with Gasteiger partial charge in [-0.2, -0.15) is 4.57 Å². The number of pyridine rings is 1. The molecular weight excluding hydrogens is 623 g/mol. The number of nitrogens with zero attached hydrogens (tertiary/aromatic N) is 3. The number of furan rings is 1. The number of hydrogen-bond donors (Lipinski definition) is 0. The van der Waals surface area contributed by atoms with E-state index < -0.39 is 0 Å². The zero-order valence-corrected chi connectivity index (χ0v) is 27.6. The highest BCUT2D eigenvalue weighted by atomic mass is 16.3. The fourth-order valence-corrected chi connectivity index (χ4v) is 8.12. The average molecular weight is 653 g/mol. The number of para-hydroxylation sites is 4. The Balaban J connectivity index is 1.13. The zero-order chi connectivity index (χ0) is 33.5. The molecule has 11 rings (SSSR count). The molecular formula is C47H30N3O+. The highest BCUT2D eigenvalue weighted by Gasteiger charge is 2.21. The summed E-state index contributed by atoms with van der Waals surface area (Å²) in [6.45, 7) is 0. The maximum Gasteiger partial charge on any atom is 0.210 e. The van der Waals surface area contributed by atoms with Crippen molar-refractivity contribution < 1.29 is 8.98 Å². The SMILES string of the molecule is c1ccc(-[n+]2cccc(-c3ccc(-n4c5ccccc5c5cc6c(cc54)c4ccccc4n6-c4cccc5oc6ccccc6c45)cc3)c2)cc1. The number of aromatic nitrogens is 3. The van der Waals surface area contributed by atoms with Gasteiger partial charge in [0.05, 0.1) is 33.1 Å². The van der Waals surface area contributed by atoms with Gasteiger partial charge >= 0.3 is 0 Å². The average Bonchev–Trinajstić information content (AvgIpc) is 3.85. The van der Waals surface area contributed by atoms with Crippen molar-refractivity contribution in [3.8, 4) is 28.2 Å². The Morgan fingerprint density at radius 1 is 0.412 bits per heavy atom. The summed E-state index contributed by atoms with van der Waals surface area (Å²) < 4.78 is 13.4. The van der Waals surface area contributed by atoms with Gasteiger partial charge in [-0.05, 0) is 66.2 Å². The minimum Gasteiger partial charge on any atom is -0.456 e. The standard InChI is InChI=1S/C47H30N3O/c1-2-13-33(14-3-1)48-27-11-12-32(30-48)31-23-25-34(26-24-31)49-40-18-7-4-15-35(40)38-29-44-39(28-43(38)49)36-16-5-8-19-41(36)50(44)42-20-10-22-46-47(42)37-17-6-9-21-45(37)51-46/h1-30H/q+1. The monoisotopic (exact) mass is 652 g/mol. The molecule has 7 aromatic carbocycles. The van der Waals surface area contributed by atoms with Gasteiger partial charge in [0.2, 0.25) is 5.69 Å². The molecule has 238 valence electrons. The maximum absolute atomic E-state index is 6.34.